The van der Waals surface area contributed by atoms with E-state index in [9.17, 15) is 34.4 Å². The van der Waals surface area contributed by atoms with Gasteiger partial charge in [-0.25, -0.2) is 13.6 Å². The Morgan fingerprint density at radius 3 is 2.56 bits per heavy atom. The molecule has 0 radical (unpaired) electrons. The fraction of sp³-hybridized carbons (Fsp3) is 0.704. The van der Waals surface area contributed by atoms with Gasteiger partial charge in [-0.2, -0.15) is 0 Å². The van der Waals surface area contributed by atoms with E-state index in [2.05, 4.69) is 4.84 Å². The third kappa shape index (κ3) is 4.65. The largest absolute Gasteiger partial charge is 0.450 e. The second-order valence-electron chi connectivity index (χ2n) is 11.8. The fourth-order valence-corrected chi connectivity index (χ4v) is 8.26. The van der Waals surface area contributed by atoms with Crippen molar-refractivity contribution in [2.24, 2.45) is 28.6 Å². The van der Waals surface area contributed by atoms with Gasteiger partial charge in [0.25, 0.3) is 5.09 Å². The standard InChI is InChI=1S/C27H32ClF2NO10/c1-14-9-16-17-11-19(29)18-10-15(32)6-7-24(18,2)26(17,30)20(33)12-25(16,3)27(14,21(34)13-39-23(28)36)41-22(35)5-4-8-40-31(37)38/h6-7,10,14,16-17,19-20,33H,4-5,8-9,11-13H2,1-3H3. The van der Waals surface area contributed by atoms with E-state index in [1.54, 1.807) is 13.8 Å². The molecule has 3 saturated carbocycles. The van der Waals surface area contributed by atoms with E-state index in [1.807, 2.05) is 0 Å². The number of allylic oxidation sites excluding steroid dienone is 4. The molecule has 1 N–H and O–H groups in total. The number of carbonyl (C=O) groups excluding carboxylic acids is 4. The van der Waals surface area contributed by atoms with Crippen molar-refractivity contribution in [1.29, 1.82) is 0 Å². The highest BCUT2D eigenvalue weighted by atomic mass is 35.5. The molecule has 0 aromatic carbocycles. The van der Waals surface area contributed by atoms with Crippen molar-refractivity contribution in [2.45, 2.75) is 76.4 Å². The number of ketones is 2. The van der Waals surface area contributed by atoms with Gasteiger partial charge in [0.05, 0.1) is 12.7 Å². The number of Topliss-reactive ketones (excluding diaryl/α,β-unsaturated/α-hetero) is 1. The maximum atomic E-state index is 17.4. The summed E-state index contributed by atoms with van der Waals surface area (Å²) < 4.78 is 43.7. The molecule has 3 fully saturated rings. The molecule has 0 heterocycles. The summed E-state index contributed by atoms with van der Waals surface area (Å²) in [6.07, 6.45) is -1.12. The van der Waals surface area contributed by atoms with Crippen molar-refractivity contribution in [3.63, 3.8) is 0 Å². The van der Waals surface area contributed by atoms with Crippen LogP contribution in [0.5, 0.6) is 0 Å². The number of alkyl halides is 2. The number of hydrogen-bond donors (Lipinski definition) is 1. The molecule has 11 nitrogen and oxygen atoms in total. The van der Waals surface area contributed by atoms with Gasteiger partial charge in [0.15, 0.2) is 23.7 Å². The van der Waals surface area contributed by atoms with E-state index in [-0.39, 0.29) is 37.7 Å². The summed E-state index contributed by atoms with van der Waals surface area (Å²) in [6.45, 7) is 3.32. The SMILES string of the molecule is CC1CC2C3CC(F)C4=CC(=O)C=CC4(C)C3(F)C(O)CC2(C)C1(OC(=O)CCCO[N+](=O)[O-])C(=O)COC(=O)Cl. The smallest absolute Gasteiger partial charge is 0.404 e. The van der Waals surface area contributed by atoms with Gasteiger partial charge in [-0.15, -0.1) is 10.1 Å². The van der Waals surface area contributed by atoms with Gasteiger partial charge in [0.1, 0.15) is 6.17 Å². The van der Waals surface area contributed by atoms with Crippen LogP contribution in [0.25, 0.3) is 0 Å². The molecule has 14 heteroatoms. The average molecular weight is 604 g/mol. The van der Waals surface area contributed by atoms with Crippen molar-refractivity contribution in [2.75, 3.05) is 13.2 Å². The first-order chi connectivity index (χ1) is 19.0. The molecule has 226 valence electrons. The number of halogens is 3. The third-order valence-electron chi connectivity index (χ3n) is 9.90. The van der Waals surface area contributed by atoms with E-state index in [4.69, 9.17) is 21.1 Å². The number of hydrogen-bond acceptors (Lipinski definition) is 10. The lowest BCUT2D eigenvalue weighted by atomic mass is 9.44. The number of aliphatic hydroxyl groups excluding tert-OH is 1. The summed E-state index contributed by atoms with van der Waals surface area (Å²) in [5.74, 6) is -4.97. The first-order valence-corrected chi connectivity index (χ1v) is 13.7. The molecule has 0 amide bonds. The summed E-state index contributed by atoms with van der Waals surface area (Å²) in [5, 5.41) is 20.9. The Labute approximate surface area is 239 Å². The van der Waals surface area contributed by atoms with Crippen LogP contribution in [0.3, 0.4) is 0 Å². The number of fused-ring (bicyclic) bond motifs is 5. The first-order valence-electron chi connectivity index (χ1n) is 13.4. The summed E-state index contributed by atoms with van der Waals surface area (Å²) in [4.78, 5) is 64.8. The number of aliphatic hydroxyl groups is 1. The fourth-order valence-electron chi connectivity index (χ4n) is 8.21. The van der Waals surface area contributed by atoms with Crippen LogP contribution in [0.4, 0.5) is 13.6 Å². The van der Waals surface area contributed by atoms with Gasteiger partial charge in [-0.05, 0) is 56.3 Å². The molecular formula is C27H32ClF2NO10. The van der Waals surface area contributed by atoms with Crippen LogP contribution >= 0.6 is 11.6 Å². The molecular weight excluding hydrogens is 572 g/mol. The van der Waals surface area contributed by atoms with Gasteiger partial charge in [-0.3, -0.25) is 14.4 Å². The maximum absolute atomic E-state index is 17.4. The van der Waals surface area contributed by atoms with Gasteiger partial charge in [0, 0.05) is 40.7 Å². The quantitative estimate of drug-likeness (QED) is 0.135. The Morgan fingerprint density at radius 2 is 1.93 bits per heavy atom. The topological polar surface area (TPSA) is 159 Å². The van der Waals surface area contributed by atoms with Crippen LogP contribution in [0.15, 0.2) is 23.8 Å². The zero-order chi connectivity index (χ0) is 30.5. The molecule has 0 saturated heterocycles. The summed E-state index contributed by atoms with van der Waals surface area (Å²) >= 11 is 5.28. The molecule has 0 bridgehead atoms. The molecule has 4 aliphatic carbocycles. The van der Waals surface area contributed by atoms with E-state index in [1.165, 1.54) is 13.0 Å². The predicted octanol–water partition coefficient (Wildman–Crippen LogP) is 3.77. The second-order valence-corrected chi connectivity index (χ2v) is 12.1. The van der Waals surface area contributed by atoms with Crippen molar-refractivity contribution >= 4 is 34.6 Å². The molecule has 0 aromatic rings. The first kappa shape index (κ1) is 31.0. The van der Waals surface area contributed by atoms with Crippen molar-refractivity contribution in [3.05, 3.63) is 33.9 Å². The van der Waals surface area contributed by atoms with Gasteiger partial charge in [-0.1, -0.05) is 19.9 Å². The zero-order valence-electron chi connectivity index (χ0n) is 22.8. The minimum atomic E-state index is -2.42. The number of carbonyl (C=O) groups is 4. The zero-order valence-corrected chi connectivity index (χ0v) is 23.5. The van der Waals surface area contributed by atoms with E-state index >= 15 is 8.78 Å². The lowest BCUT2D eigenvalue weighted by Gasteiger charge is -2.63. The Hall–Kier alpha value is -2.93. The molecule has 9 atom stereocenters. The Bertz CT molecular complexity index is 1230. The van der Waals surface area contributed by atoms with Crippen molar-refractivity contribution in [3.8, 4) is 0 Å². The van der Waals surface area contributed by atoms with Crippen LogP contribution in [-0.2, 0) is 28.7 Å². The van der Waals surface area contributed by atoms with Crippen LogP contribution in [0, 0.1) is 38.7 Å². The lowest BCUT2D eigenvalue weighted by molar-refractivity contribution is -0.757. The molecule has 0 spiro atoms. The minimum absolute atomic E-state index is 0.0582. The maximum Gasteiger partial charge on any atom is 0.404 e. The third-order valence-corrected chi connectivity index (χ3v) is 10.0. The lowest BCUT2D eigenvalue weighted by Crippen LogP contribution is -2.71. The monoisotopic (exact) mass is 603 g/mol. The summed E-state index contributed by atoms with van der Waals surface area (Å²) in [5.41, 5.74) is -8.89. The van der Waals surface area contributed by atoms with E-state index in [0.717, 1.165) is 12.2 Å². The second kappa shape index (κ2) is 10.7. The van der Waals surface area contributed by atoms with Crippen LogP contribution < -0.4 is 0 Å². The number of nitrogens with zero attached hydrogens (tertiary/aromatic N) is 1. The van der Waals surface area contributed by atoms with E-state index in [0.29, 0.717) is 0 Å². The van der Waals surface area contributed by atoms with Crippen molar-refractivity contribution < 1.29 is 52.5 Å². The highest BCUT2D eigenvalue weighted by molar-refractivity contribution is 6.61. The Balaban J connectivity index is 1.75. The minimum Gasteiger partial charge on any atom is -0.450 e. The highest BCUT2D eigenvalue weighted by Gasteiger charge is 2.78. The number of rotatable bonds is 9. The number of esters is 1. The average Bonchev–Trinajstić information content (AvgIpc) is 3.10. The highest BCUT2D eigenvalue weighted by Crippen LogP contribution is 2.71. The van der Waals surface area contributed by atoms with Crippen LogP contribution in [-0.4, -0.2) is 69.9 Å². The summed E-state index contributed by atoms with van der Waals surface area (Å²) in [6, 6.07) is 0. The molecule has 0 aromatic heterocycles. The molecule has 9 unspecified atom stereocenters. The molecule has 4 aliphatic rings. The molecule has 0 aliphatic heterocycles. The Morgan fingerprint density at radius 1 is 1.24 bits per heavy atom. The predicted molar refractivity (Wildman–Crippen MR) is 136 cm³/mol. The van der Waals surface area contributed by atoms with Crippen molar-refractivity contribution in [1.82, 2.24) is 0 Å². The van der Waals surface area contributed by atoms with Gasteiger partial charge in [0.2, 0.25) is 5.78 Å². The van der Waals surface area contributed by atoms with E-state index < -0.39 is 93.4 Å². The van der Waals surface area contributed by atoms with Gasteiger partial charge >= 0.3 is 11.4 Å². The molecule has 4 rings (SSSR count). The molecule has 41 heavy (non-hydrogen) atoms. The Kier molecular flexibility index (Phi) is 8.11. The van der Waals surface area contributed by atoms with Crippen LogP contribution in [0.2, 0.25) is 0 Å². The number of ether oxygens (including phenoxy) is 2. The van der Waals surface area contributed by atoms with Gasteiger partial charge < -0.3 is 19.4 Å². The van der Waals surface area contributed by atoms with Crippen LogP contribution in [0.1, 0.15) is 52.9 Å². The normalized spacial score (nSPS) is 40.9. The summed E-state index contributed by atoms with van der Waals surface area (Å²) in [7, 11) is 0.